The maximum absolute atomic E-state index is 12.9. The molecule has 164 valence electrons. The van der Waals surface area contributed by atoms with Crippen molar-refractivity contribution in [3.63, 3.8) is 0 Å². The van der Waals surface area contributed by atoms with Crippen molar-refractivity contribution in [2.75, 3.05) is 13.1 Å². The summed E-state index contributed by atoms with van der Waals surface area (Å²) >= 11 is 6.18. The molecule has 2 aliphatic rings. The highest BCUT2D eigenvalue weighted by atomic mass is 35.5. The van der Waals surface area contributed by atoms with Gasteiger partial charge in [0.1, 0.15) is 0 Å². The highest BCUT2D eigenvalue weighted by Crippen LogP contribution is 2.41. The summed E-state index contributed by atoms with van der Waals surface area (Å²) in [7, 11) is 0. The first-order valence-electron chi connectivity index (χ1n) is 9.45. The van der Waals surface area contributed by atoms with Crippen molar-refractivity contribution in [1.29, 1.82) is 0 Å². The van der Waals surface area contributed by atoms with Crippen molar-refractivity contribution in [2.45, 2.75) is 43.7 Å². The van der Waals surface area contributed by atoms with Gasteiger partial charge in [0.25, 0.3) is 11.8 Å². The van der Waals surface area contributed by atoms with Crippen LogP contribution in [0.25, 0.3) is 0 Å². The van der Waals surface area contributed by atoms with Crippen molar-refractivity contribution < 1.29 is 9.59 Å². The molecule has 0 spiro atoms. The lowest BCUT2D eigenvalue weighted by Crippen LogP contribution is -2.51. The predicted molar refractivity (Wildman–Crippen MR) is 119 cm³/mol. The van der Waals surface area contributed by atoms with E-state index >= 15 is 0 Å². The number of carbonyl (C=O) groups excluding carboxylic acids is 2. The quantitative estimate of drug-likeness (QED) is 0.702. The van der Waals surface area contributed by atoms with Gasteiger partial charge in [-0.3, -0.25) is 14.2 Å². The van der Waals surface area contributed by atoms with Gasteiger partial charge in [-0.25, -0.2) is 0 Å². The van der Waals surface area contributed by atoms with Crippen LogP contribution in [0.15, 0.2) is 24.3 Å². The van der Waals surface area contributed by atoms with Crippen molar-refractivity contribution in [1.82, 2.24) is 19.7 Å². The number of rotatable bonds is 4. The average molecular weight is 476 g/mol. The van der Waals surface area contributed by atoms with Crippen LogP contribution in [0.4, 0.5) is 0 Å². The van der Waals surface area contributed by atoms with E-state index in [0.717, 1.165) is 31.2 Å². The van der Waals surface area contributed by atoms with Gasteiger partial charge < -0.3 is 16.4 Å². The SMILES string of the molecule is Cl.Cl.NC[C@]1(c2cccc(Cl)c2)CC[C@@H](N2CCn3c(C(N)=O)nnc3C2=O)CC1. The van der Waals surface area contributed by atoms with Gasteiger partial charge in [0.15, 0.2) is 0 Å². The third kappa shape index (κ3) is 4.14. The summed E-state index contributed by atoms with van der Waals surface area (Å²) in [6.07, 6.45) is 3.48. The normalized spacial score (nSPS) is 23.2. The van der Waals surface area contributed by atoms with Gasteiger partial charge >= 0.3 is 0 Å². The van der Waals surface area contributed by atoms with Crippen LogP contribution in [0, 0.1) is 0 Å². The number of benzene rings is 1. The van der Waals surface area contributed by atoms with Crippen LogP contribution in [0.2, 0.25) is 5.02 Å². The molecule has 2 amide bonds. The molecule has 0 radical (unpaired) electrons. The molecule has 2 heterocycles. The fourth-order valence-electron chi connectivity index (χ4n) is 4.54. The topological polar surface area (TPSA) is 120 Å². The molecule has 1 aromatic heterocycles. The van der Waals surface area contributed by atoms with Crippen LogP contribution < -0.4 is 11.5 Å². The standard InChI is InChI=1S/C19H23ClN6O2.2ClH/c20-13-3-1-2-12(10-13)19(11-21)6-4-14(5-7-19)25-8-9-26-16(15(22)27)23-24-17(26)18(25)28;;/h1-3,10,14H,4-9,11,21H2,(H2,22,27);2*1H/t14-,19+;;. The minimum Gasteiger partial charge on any atom is -0.363 e. The molecule has 0 atom stereocenters. The van der Waals surface area contributed by atoms with Crippen LogP contribution in [-0.2, 0) is 12.0 Å². The number of hydrogen-bond acceptors (Lipinski definition) is 5. The summed E-state index contributed by atoms with van der Waals surface area (Å²) in [6.45, 7) is 1.53. The number of carbonyl (C=O) groups is 2. The number of aromatic nitrogens is 3. The van der Waals surface area contributed by atoms with Crippen molar-refractivity contribution in [3.8, 4) is 0 Å². The molecule has 1 saturated carbocycles. The lowest BCUT2D eigenvalue weighted by Gasteiger charge is -2.44. The largest absolute Gasteiger partial charge is 0.363 e. The fourth-order valence-corrected chi connectivity index (χ4v) is 4.73. The Hall–Kier alpha value is -1.87. The summed E-state index contributed by atoms with van der Waals surface area (Å²) < 4.78 is 1.51. The van der Waals surface area contributed by atoms with Gasteiger partial charge in [-0.15, -0.1) is 35.0 Å². The Kier molecular flexibility index (Phi) is 7.74. The molecule has 1 aliphatic heterocycles. The third-order valence-corrected chi connectivity index (χ3v) is 6.40. The van der Waals surface area contributed by atoms with E-state index in [0.29, 0.717) is 24.7 Å². The second-order valence-electron chi connectivity index (χ2n) is 7.59. The Morgan fingerprint density at radius 2 is 1.90 bits per heavy atom. The van der Waals surface area contributed by atoms with Gasteiger partial charge in [0, 0.05) is 36.1 Å². The molecule has 1 aliphatic carbocycles. The minimum atomic E-state index is -0.674. The second-order valence-corrected chi connectivity index (χ2v) is 8.02. The van der Waals surface area contributed by atoms with Crippen LogP contribution in [0.1, 0.15) is 52.5 Å². The smallest absolute Gasteiger partial charge is 0.292 e. The molecule has 0 saturated heterocycles. The first-order valence-corrected chi connectivity index (χ1v) is 9.83. The summed E-state index contributed by atoms with van der Waals surface area (Å²) in [4.78, 5) is 26.2. The van der Waals surface area contributed by atoms with E-state index in [-0.39, 0.29) is 53.8 Å². The average Bonchev–Trinajstić information content (AvgIpc) is 3.14. The Bertz CT molecular complexity index is 927. The molecule has 8 nitrogen and oxygen atoms in total. The number of primary amides is 1. The van der Waals surface area contributed by atoms with Crippen LogP contribution in [0.3, 0.4) is 0 Å². The number of nitrogens with two attached hydrogens (primary N) is 2. The molecule has 1 fully saturated rings. The number of hydrogen-bond donors (Lipinski definition) is 2. The third-order valence-electron chi connectivity index (χ3n) is 6.17. The van der Waals surface area contributed by atoms with E-state index in [4.69, 9.17) is 23.1 Å². The van der Waals surface area contributed by atoms with E-state index in [2.05, 4.69) is 16.3 Å². The Morgan fingerprint density at radius 1 is 1.20 bits per heavy atom. The number of nitrogens with zero attached hydrogens (tertiary/aromatic N) is 4. The zero-order valence-electron chi connectivity index (χ0n) is 16.3. The van der Waals surface area contributed by atoms with Crippen molar-refractivity contribution in [3.05, 3.63) is 46.5 Å². The van der Waals surface area contributed by atoms with Crippen LogP contribution in [-0.4, -0.2) is 50.6 Å². The summed E-state index contributed by atoms with van der Waals surface area (Å²) in [5, 5.41) is 8.38. The van der Waals surface area contributed by atoms with E-state index < -0.39 is 5.91 Å². The number of fused-ring (bicyclic) bond motifs is 1. The second kappa shape index (κ2) is 9.51. The van der Waals surface area contributed by atoms with Gasteiger partial charge in [-0.1, -0.05) is 23.7 Å². The molecular weight excluding hydrogens is 451 g/mol. The van der Waals surface area contributed by atoms with Crippen molar-refractivity contribution in [2.24, 2.45) is 11.5 Å². The lowest BCUT2D eigenvalue weighted by molar-refractivity contribution is 0.0521. The maximum Gasteiger partial charge on any atom is 0.292 e. The van der Waals surface area contributed by atoms with E-state index in [1.165, 1.54) is 4.57 Å². The van der Waals surface area contributed by atoms with E-state index in [9.17, 15) is 9.59 Å². The summed E-state index contributed by atoms with van der Waals surface area (Å²) in [5.74, 6) is -0.647. The molecule has 4 N–H and O–H groups in total. The first kappa shape index (κ1) is 24.4. The van der Waals surface area contributed by atoms with Crippen molar-refractivity contribution >= 4 is 48.2 Å². The predicted octanol–water partition coefficient (Wildman–Crippen LogP) is 2.17. The van der Waals surface area contributed by atoms with Gasteiger partial charge in [-0.2, -0.15) is 0 Å². The highest BCUT2D eigenvalue weighted by Gasteiger charge is 2.41. The maximum atomic E-state index is 12.9. The van der Waals surface area contributed by atoms with E-state index in [1.54, 1.807) is 0 Å². The fraction of sp³-hybridized carbons (Fsp3) is 0.474. The molecule has 4 rings (SSSR count). The zero-order chi connectivity index (χ0) is 19.9. The highest BCUT2D eigenvalue weighted by molar-refractivity contribution is 6.30. The Labute approximate surface area is 192 Å². The number of amides is 2. The molecule has 0 unspecified atom stereocenters. The monoisotopic (exact) mass is 474 g/mol. The molecule has 30 heavy (non-hydrogen) atoms. The molecule has 1 aromatic carbocycles. The zero-order valence-corrected chi connectivity index (χ0v) is 18.7. The molecule has 2 aromatic rings. The number of halogens is 3. The Balaban J connectivity index is 0.00000160. The van der Waals surface area contributed by atoms with Gasteiger partial charge in [0.05, 0.1) is 0 Å². The van der Waals surface area contributed by atoms with E-state index in [1.807, 2.05) is 23.1 Å². The molecule has 0 bridgehead atoms. The molecule has 11 heteroatoms. The van der Waals surface area contributed by atoms with Gasteiger partial charge in [0.2, 0.25) is 11.6 Å². The molecular formula is C19H25Cl3N6O2. The first-order chi connectivity index (χ1) is 13.4. The van der Waals surface area contributed by atoms with Crippen LogP contribution in [0.5, 0.6) is 0 Å². The van der Waals surface area contributed by atoms with Gasteiger partial charge in [-0.05, 0) is 43.4 Å². The summed E-state index contributed by atoms with van der Waals surface area (Å²) in [6, 6.07) is 8.02. The van der Waals surface area contributed by atoms with Crippen LogP contribution >= 0.6 is 36.4 Å². The minimum absolute atomic E-state index is 0. The summed E-state index contributed by atoms with van der Waals surface area (Å²) in [5.41, 5.74) is 12.5. The lowest BCUT2D eigenvalue weighted by atomic mass is 9.68. The Morgan fingerprint density at radius 3 is 2.50 bits per heavy atom.